The van der Waals surface area contributed by atoms with Crippen LogP contribution in [-0.2, 0) is 4.79 Å². The lowest BCUT2D eigenvalue weighted by molar-refractivity contribution is -0.151. The molecule has 3 N–H and O–H groups in total. The highest BCUT2D eigenvalue weighted by Crippen LogP contribution is 2.53. The Morgan fingerprint density at radius 1 is 1.23 bits per heavy atom. The largest absolute Gasteiger partial charge is 0.481 e. The predicted molar refractivity (Wildman–Crippen MR) is 120 cm³/mol. The second-order valence-corrected chi connectivity index (χ2v) is 10.2. The van der Waals surface area contributed by atoms with Crippen molar-refractivity contribution in [1.82, 2.24) is 0 Å². The van der Waals surface area contributed by atoms with Crippen LogP contribution in [0.15, 0.2) is 23.8 Å². The zero-order valence-corrected chi connectivity index (χ0v) is 18.8. The Morgan fingerprint density at radius 2 is 2.03 bits per heavy atom. The Hall–Kier alpha value is -1.13. The summed E-state index contributed by atoms with van der Waals surface area (Å²) in [7, 11) is 0. The minimum atomic E-state index is -0.593. The van der Waals surface area contributed by atoms with Gasteiger partial charge in [0.05, 0.1) is 18.6 Å². The summed E-state index contributed by atoms with van der Waals surface area (Å²) in [4.78, 5) is 12.1. The maximum absolute atomic E-state index is 12.1. The molecule has 0 saturated heterocycles. The monoisotopic (exact) mass is 418 g/mol. The Balaban J connectivity index is 1.54. The summed E-state index contributed by atoms with van der Waals surface area (Å²) >= 11 is 0. The summed E-state index contributed by atoms with van der Waals surface area (Å²) in [5.74, 6) is 0.366. The number of fused-ring (bicyclic) bond motifs is 1. The number of allylic oxidation sites excluding steroid dienone is 2. The van der Waals surface area contributed by atoms with Gasteiger partial charge < -0.3 is 15.3 Å². The van der Waals surface area contributed by atoms with Crippen molar-refractivity contribution in [2.24, 2.45) is 29.1 Å². The van der Waals surface area contributed by atoms with Crippen molar-refractivity contribution in [1.29, 1.82) is 0 Å². The first-order valence-corrected chi connectivity index (χ1v) is 12.4. The SMILES string of the molecule is CCCCCCC1(C(CCC=C2C[C@@H]3C[C@@H](O)[C@H](C=CCO)[C@H]3C2)C(=O)O)CCC1. The average molecular weight is 419 g/mol. The van der Waals surface area contributed by atoms with Crippen molar-refractivity contribution >= 4 is 5.97 Å². The average Bonchev–Trinajstić information content (AvgIpc) is 3.19. The van der Waals surface area contributed by atoms with Crippen molar-refractivity contribution in [2.45, 2.75) is 96.5 Å². The van der Waals surface area contributed by atoms with Crippen molar-refractivity contribution in [3.63, 3.8) is 0 Å². The smallest absolute Gasteiger partial charge is 0.307 e. The lowest BCUT2D eigenvalue weighted by Crippen LogP contribution is -2.41. The van der Waals surface area contributed by atoms with Gasteiger partial charge in [-0.1, -0.05) is 62.8 Å². The Bertz CT molecular complexity index is 619. The number of carbonyl (C=O) groups is 1. The van der Waals surface area contributed by atoms with Gasteiger partial charge >= 0.3 is 5.97 Å². The van der Waals surface area contributed by atoms with Gasteiger partial charge in [-0.15, -0.1) is 0 Å². The molecule has 1 unspecified atom stereocenters. The minimum Gasteiger partial charge on any atom is -0.481 e. The van der Waals surface area contributed by atoms with E-state index >= 15 is 0 Å². The molecule has 3 rings (SSSR count). The standard InChI is InChI=1S/C26H42O4/c1-2-3-4-5-12-26(13-8-14-26)23(25(29)30)11-6-9-19-16-20-18-24(28)21(10-7-15-27)22(20)17-19/h7,9-10,20-24,27-28H,2-6,8,11-18H2,1H3,(H,29,30)/t20-,21-,22+,23?,24-/m1/s1. The summed E-state index contributed by atoms with van der Waals surface area (Å²) in [6.07, 6.45) is 19.7. The molecule has 4 nitrogen and oxygen atoms in total. The van der Waals surface area contributed by atoms with Crippen LogP contribution < -0.4 is 0 Å². The molecule has 3 aliphatic carbocycles. The zero-order chi connectivity index (χ0) is 21.6. The van der Waals surface area contributed by atoms with Gasteiger partial charge in [-0.25, -0.2) is 0 Å². The van der Waals surface area contributed by atoms with Crippen LogP contribution in [0.5, 0.6) is 0 Å². The van der Waals surface area contributed by atoms with Gasteiger partial charge in [-0.3, -0.25) is 4.79 Å². The number of aliphatic carboxylic acids is 1. The molecule has 0 aliphatic heterocycles. The fourth-order valence-corrected chi connectivity index (χ4v) is 6.61. The van der Waals surface area contributed by atoms with Crippen molar-refractivity contribution in [2.75, 3.05) is 6.61 Å². The first-order chi connectivity index (χ1) is 14.5. The van der Waals surface area contributed by atoms with Gasteiger partial charge in [0.1, 0.15) is 0 Å². The van der Waals surface area contributed by atoms with Crippen LogP contribution in [0.3, 0.4) is 0 Å². The van der Waals surface area contributed by atoms with Gasteiger partial charge in [-0.2, -0.15) is 0 Å². The molecule has 3 fully saturated rings. The topological polar surface area (TPSA) is 77.8 Å². The molecule has 0 radical (unpaired) electrons. The number of aliphatic hydroxyl groups excluding tert-OH is 2. The molecular weight excluding hydrogens is 376 g/mol. The van der Waals surface area contributed by atoms with Crippen LogP contribution in [0.4, 0.5) is 0 Å². The number of hydrogen-bond donors (Lipinski definition) is 3. The molecule has 0 aromatic rings. The number of aliphatic hydroxyl groups is 2. The van der Waals surface area contributed by atoms with Crippen LogP contribution in [0.25, 0.3) is 0 Å². The van der Waals surface area contributed by atoms with Crippen LogP contribution in [0.1, 0.15) is 90.4 Å². The zero-order valence-electron chi connectivity index (χ0n) is 18.8. The van der Waals surface area contributed by atoms with E-state index in [-0.39, 0.29) is 30.0 Å². The van der Waals surface area contributed by atoms with Crippen LogP contribution in [0.2, 0.25) is 0 Å². The third-order valence-electron chi connectivity index (χ3n) is 8.38. The number of unbranched alkanes of at least 4 members (excludes halogenated alkanes) is 3. The molecule has 4 heteroatoms. The van der Waals surface area contributed by atoms with E-state index in [0.717, 1.165) is 51.4 Å². The van der Waals surface area contributed by atoms with Crippen molar-refractivity contribution < 1.29 is 20.1 Å². The molecule has 3 saturated carbocycles. The van der Waals surface area contributed by atoms with E-state index in [1.807, 2.05) is 6.08 Å². The molecular formula is C26H42O4. The number of hydrogen-bond acceptors (Lipinski definition) is 3. The van der Waals surface area contributed by atoms with Gasteiger partial charge in [0.2, 0.25) is 0 Å². The normalized spacial score (nSPS) is 32.4. The summed E-state index contributed by atoms with van der Waals surface area (Å²) in [6, 6.07) is 0. The van der Waals surface area contributed by atoms with Crippen molar-refractivity contribution in [3.05, 3.63) is 23.8 Å². The van der Waals surface area contributed by atoms with Crippen LogP contribution in [0, 0.1) is 29.1 Å². The second-order valence-electron chi connectivity index (χ2n) is 10.2. The number of rotatable bonds is 12. The molecule has 0 spiro atoms. The van der Waals surface area contributed by atoms with Gasteiger partial charge in [-0.05, 0) is 68.6 Å². The van der Waals surface area contributed by atoms with E-state index in [2.05, 4.69) is 13.0 Å². The Kier molecular flexibility index (Phi) is 8.59. The second kappa shape index (κ2) is 10.9. The van der Waals surface area contributed by atoms with Crippen LogP contribution >= 0.6 is 0 Å². The summed E-state index contributed by atoms with van der Waals surface area (Å²) in [5, 5.41) is 29.4. The molecule has 30 heavy (non-hydrogen) atoms. The Labute approximate surface area is 182 Å². The van der Waals surface area contributed by atoms with Gasteiger partial charge in [0.25, 0.3) is 0 Å². The highest BCUT2D eigenvalue weighted by molar-refractivity contribution is 5.71. The fourth-order valence-electron chi connectivity index (χ4n) is 6.61. The van der Waals surface area contributed by atoms with E-state index < -0.39 is 5.97 Å². The lowest BCUT2D eigenvalue weighted by atomic mass is 9.57. The number of carboxylic acids is 1. The van der Waals surface area contributed by atoms with E-state index in [0.29, 0.717) is 11.8 Å². The van der Waals surface area contributed by atoms with Gasteiger partial charge in [0, 0.05) is 5.92 Å². The molecule has 0 aromatic carbocycles. The molecule has 0 aromatic heterocycles. The highest BCUT2D eigenvalue weighted by Gasteiger charge is 2.47. The highest BCUT2D eigenvalue weighted by atomic mass is 16.4. The van der Waals surface area contributed by atoms with Crippen LogP contribution in [-0.4, -0.2) is 34.0 Å². The van der Waals surface area contributed by atoms with Crippen molar-refractivity contribution in [3.8, 4) is 0 Å². The predicted octanol–water partition coefficient (Wildman–Crippen LogP) is 5.49. The quantitative estimate of drug-likeness (QED) is 0.289. The molecule has 0 amide bonds. The molecule has 3 aliphatic rings. The fraction of sp³-hybridized carbons (Fsp3) is 0.808. The minimum absolute atomic E-state index is 0.0279. The van der Waals surface area contributed by atoms with E-state index in [4.69, 9.17) is 5.11 Å². The first kappa shape index (κ1) is 23.5. The first-order valence-electron chi connectivity index (χ1n) is 12.4. The van der Waals surface area contributed by atoms with E-state index in [9.17, 15) is 15.0 Å². The molecule has 170 valence electrons. The molecule has 0 bridgehead atoms. The number of carboxylic acid groups (broad SMARTS) is 1. The molecule has 0 heterocycles. The summed E-state index contributed by atoms with van der Waals surface area (Å²) < 4.78 is 0. The third-order valence-corrected chi connectivity index (χ3v) is 8.38. The third kappa shape index (κ3) is 5.37. The maximum atomic E-state index is 12.1. The van der Waals surface area contributed by atoms with E-state index in [1.165, 1.54) is 37.7 Å². The summed E-state index contributed by atoms with van der Waals surface area (Å²) in [6.45, 7) is 2.25. The maximum Gasteiger partial charge on any atom is 0.307 e. The van der Waals surface area contributed by atoms with Gasteiger partial charge in [0.15, 0.2) is 0 Å². The summed E-state index contributed by atoms with van der Waals surface area (Å²) in [5.41, 5.74) is 1.50. The van der Waals surface area contributed by atoms with E-state index in [1.54, 1.807) is 6.08 Å². The molecule has 5 atom stereocenters. The Morgan fingerprint density at radius 3 is 2.67 bits per heavy atom. The lowest BCUT2D eigenvalue weighted by Gasteiger charge is -2.46.